The van der Waals surface area contributed by atoms with Crippen LogP contribution in [0.25, 0.3) is 0 Å². The highest BCUT2D eigenvalue weighted by Gasteiger charge is 2.53. The second kappa shape index (κ2) is 6.34. The summed E-state index contributed by atoms with van der Waals surface area (Å²) >= 11 is 3.79. The van der Waals surface area contributed by atoms with Gasteiger partial charge in [-0.2, -0.15) is 0 Å². The maximum absolute atomic E-state index is 5.96. The van der Waals surface area contributed by atoms with E-state index < -0.39 is 0 Å². The molecule has 1 rings (SSSR count). The molecule has 0 N–H and O–H groups in total. The molecule has 1 saturated heterocycles. The van der Waals surface area contributed by atoms with Crippen molar-refractivity contribution in [3.63, 3.8) is 0 Å². The van der Waals surface area contributed by atoms with Gasteiger partial charge in [0.1, 0.15) is 71.7 Å². The van der Waals surface area contributed by atoms with Gasteiger partial charge in [0.15, 0.2) is 0 Å². The number of hydrogen-bond donors (Lipinski definition) is 0. The molecule has 4 nitrogen and oxygen atoms in total. The minimum Gasteiger partial charge on any atom is -0.377 e. The fourth-order valence-electron chi connectivity index (χ4n) is 2.09. The summed E-state index contributed by atoms with van der Waals surface area (Å²) in [5.41, 5.74) is -0.386. The Balaban J connectivity index is 2.87. The second-order valence-corrected chi connectivity index (χ2v) is 4.84. The highest BCUT2D eigenvalue weighted by Crippen LogP contribution is 2.38. The molecule has 0 aromatic carbocycles. The predicted octanol–water partition coefficient (Wildman–Crippen LogP) is 1.24. The van der Waals surface area contributed by atoms with E-state index in [0.717, 1.165) is 6.42 Å². The lowest BCUT2D eigenvalue weighted by Gasteiger charge is -2.31. The average molecular weight is 440 g/mol. The minimum absolute atomic E-state index is 0.0289. The second-order valence-electron chi connectivity index (χ2n) is 3.70. The molecule has 0 radical (unpaired) electrons. The summed E-state index contributed by atoms with van der Waals surface area (Å²) in [5.74, 6) is 0. The average Bonchev–Trinajstić information content (AvgIpc) is 2.51. The Morgan fingerprint density at radius 2 is 2.13 bits per heavy atom. The van der Waals surface area contributed by atoms with Crippen LogP contribution in [0.2, 0.25) is 0 Å². The van der Waals surface area contributed by atoms with Crippen LogP contribution in [-0.2, 0) is 15.6 Å². The first kappa shape index (κ1) is 14.4. The van der Waals surface area contributed by atoms with Gasteiger partial charge in [-0.25, -0.2) is 0 Å². The van der Waals surface area contributed by atoms with Gasteiger partial charge < -0.3 is 15.6 Å². The van der Waals surface area contributed by atoms with Crippen molar-refractivity contribution in [2.24, 2.45) is 0 Å². The molecule has 15 heavy (non-hydrogen) atoms. The summed E-state index contributed by atoms with van der Waals surface area (Å²) in [6.07, 6.45) is 0.722. The third-order valence-electron chi connectivity index (χ3n) is 2.97. The van der Waals surface area contributed by atoms with E-state index in [0.29, 0.717) is 6.61 Å². The standard InChI is InChI=1S/C8H15BI2O4/c1-3-8(4-13-10)6(15-11)5(12-2)7(9)14-8/h5-7H,3-4,9H2,1-2H3/t5-,6+,7-,8-/m1/s1. The van der Waals surface area contributed by atoms with Crippen LogP contribution >= 0.6 is 46.0 Å². The Hall–Kier alpha value is 1.36. The molecule has 0 saturated carbocycles. The summed E-state index contributed by atoms with van der Waals surface area (Å²) in [5, 5.41) is 0. The normalized spacial score (nSPS) is 40.9. The Bertz CT molecular complexity index is 209. The molecule has 1 aliphatic heterocycles. The van der Waals surface area contributed by atoms with Crippen molar-refractivity contribution in [2.75, 3.05) is 13.7 Å². The number of rotatable bonds is 5. The third-order valence-corrected chi connectivity index (χ3v) is 3.82. The first-order valence-corrected chi connectivity index (χ1v) is 6.63. The first-order valence-electron chi connectivity index (χ1n) is 4.86. The predicted molar refractivity (Wildman–Crippen MR) is 76.1 cm³/mol. The lowest BCUT2D eigenvalue weighted by molar-refractivity contribution is -0.0714. The largest absolute Gasteiger partial charge is 0.377 e. The lowest BCUT2D eigenvalue weighted by atomic mass is 9.88. The molecule has 7 heteroatoms. The molecule has 0 aromatic rings. The van der Waals surface area contributed by atoms with Gasteiger partial charge >= 0.3 is 0 Å². The summed E-state index contributed by atoms with van der Waals surface area (Å²) in [6, 6.07) is 0.0289. The number of hydrogen-bond acceptors (Lipinski definition) is 4. The topological polar surface area (TPSA) is 36.9 Å². The fraction of sp³-hybridized carbons (Fsp3) is 1.00. The Labute approximate surface area is 120 Å². The van der Waals surface area contributed by atoms with Crippen LogP contribution in [0.15, 0.2) is 0 Å². The van der Waals surface area contributed by atoms with E-state index in [1.54, 1.807) is 7.11 Å². The van der Waals surface area contributed by atoms with E-state index in [4.69, 9.17) is 15.6 Å². The van der Waals surface area contributed by atoms with Gasteiger partial charge in [0.05, 0.1) is 12.6 Å². The van der Waals surface area contributed by atoms with Crippen molar-refractivity contribution in [2.45, 2.75) is 37.2 Å². The van der Waals surface area contributed by atoms with Crippen LogP contribution in [0.4, 0.5) is 0 Å². The number of ether oxygens (including phenoxy) is 2. The quantitative estimate of drug-likeness (QED) is 0.477. The molecule has 88 valence electrons. The van der Waals surface area contributed by atoms with Crippen molar-refractivity contribution >= 4 is 53.9 Å². The molecule has 1 aliphatic rings. The fourth-order valence-corrected chi connectivity index (χ4v) is 3.37. The van der Waals surface area contributed by atoms with Crippen LogP contribution in [0, 0.1) is 0 Å². The molecule has 1 fully saturated rings. The number of halogens is 2. The Kier molecular flexibility index (Phi) is 6.10. The number of methoxy groups -OCH3 is 1. The minimum atomic E-state index is -0.386. The third kappa shape index (κ3) is 2.79. The van der Waals surface area contributed by atoms with Crippen LogP contribution in [-0.4, -0.2) is 45.4 Å². The van der Waals surface area contributed by atoms with E-state index in [1.807, 2.05) is 53.9 Å². The molecule has 0 unspecified atom stereocenters. The Morgan fingerprint density at radius 3 is 2.53 bits per heavy atom. The highest BCUT2D eigenvalue weighted by atomic mass is 127. The summed E-state index contributed by atoms with van der Waals surface area (Å²) in [4.78, 5) is 0. The van der Waals surface area contributed by atoms with Gasteiger partial charge in [0.25, 0.3) is 0 Å². The van der Waals surface area contributed by atoms with Crippen LogP contribution in [0.3, 0.4) is 0 Å². The van der Waals surface area contributed by atoms with E-state index >= 15 is 0 Å². The van der Waals surface area contributed by atoms with Gasteiger partial charge in [0, 0.05) is 7.11 Å². The molecule has 0 spiro atoms. The van der Waals surface area contributed by atoms with Crippen molar-refractivity contribution in [1.82, 2.24) is 0 Å². The van der Waals surface area contributed by atoms with Crippen molar-refractivity contribution in [3.05, 3.63) is 0 Å². The van der Waals surface area contributed by atoms with E-state index in [1.165, 1.54) is 0 Å². The van der Waals surface area contributed by atoms with Gasteiger partial charge in [0.2, 0.25) is 0 Å². The van der Waals surface area contributed by atoms with E-state index in [-0.39, 0.29) is 23.8 Å². The monoisotopic (exact) mass is 440 g/mol. The summed E-state index contributed by atoms with van der Waals surface area (Å²) in [7, 11) is 3.69. The van der Waals surface area contributed by atoms with Gasteiger partial charge in [-0.05, 0) is 6.42 Å². The van der Waals surface area contributed by atoms with Crippen LogP contribution < -0.4 is 0 Å². The molecule has 0 aromatic heterocycles. The van der Waals surface area contributed by atoms with E-state index in [9.17, 15) is 0 Å². The first-order chi connectivity index (χ1) is 7.15. The van der Waals surface area contributed by atoms with Crippen LogP contribution in [0.5, 0.6) is 0 Å². The van der Waals surface area contributed by atoms with Gasteiger partial charge in [-0.15, -0.1) is 0 Å². The van der Waals surface area contributed by atoms with Gasteiger partial charge in [-0.3, -0.25) is 0 Å². The zero-order valence-corrected chi connectivity index (χ0v) is 13.4. The molecule has 0 aliphatic carbocycles. The molecule has 1 heterocycles. The molecular weight excluding hydrogens is 425 g/mol. The molecule has 0 amide bonds. The van der Waals surface area contributed by atoms with E-state index in [2.05, 4.69) is 6.92 Å². The van der Waals surface area contributed by atoms with Crippen LogP contribution in [0.1, 0.15) is 13.3 Å². The Morgan fingerprint density at radius 1 is 1.47 bits per heavy atom. The zero-order chi connectivity index (χ0) is 11.5. The van der Waals surface area contributed by atoms with Crippen molar-refractivity contribution < 1.29 is 15.6 Å². The maximum atomic E-state index is 5.96. The van der Waals surface area contributed by atoms with Gasteiger partial charge in [-0.1, -0.05) is 6.92 Å². The summed E-state index contributed by atoms with van der Waals surface area (Å²) < 4.78 is 22.1. The smallest absolute Gasteiger partial charge is 0.142 e. The van der Waals surface area contributed by atoms with Crippen molar-refractivity contribution in [1.29, 1.82) is 0 Å². The SMILES string of the molecule is B[C@@H]1O[C@](CC)(COI)[C@@H](OI)[C@H]1OC. The molecule has 0 bridgehead atoms. The zero-order valence-electron chi connectivity index (χ0n) is 9.04. The summed E-state index contributed by atoms with van der Waals surface area (Å²) in [6.45, 7) is 2.59. The molecule has 4 atom stereocenters. The lowest BCUT2D eigenvalue weighted by Crippen LogP contribution is -2.46. The van der Waals surface area contributed by atoms with Crippen molar-refractivity contribution in [3.8, 4) is 0 Å². The maximum Gasteiger partial charge on any atom is 0.142 e. The molecular formula is C8H15BI2O4. The highest BCUT2D eigenvalue weighted by molar-refractivity contribution is 14.1.